The number of carbonyl (C=O) groups is 3. The molecule has 3 rings (SSSR count). The predicted octanol–water partition coefficient (Wildman–Crippen LogP) is 4.16. The molecule has 1 saturated carbocycles. The fourth-order valence-electron chi connectivity index (χ4n) is 3.73. The topological polar surface area (TPSA) is 109 Å². The fourth-order valence-corrected chi connectivity index (χ4v) is 4.47. The van der Waals surface area contributed by atoms with Crippen molar-refractivity contribution in [2.45, 2.75) is 46.0 Å². The van der Waals surface area contributed by atoms with Crippen LogP contribution in [0.15, 0.2) is 23.6 Å². The van der Waals surface area contributed by atoms with Crippen LogP contribution >= 0.6 is 11.3 Å². The van der Waals surface area contributed by atoms with Gasteiger partial charge in [-0.2, -0.15) is 0 Å². The van der Waals surface area contributed by atoms with Gasteiger partial charge in [-0.3, -0.25) is 14.9 Å². The van der Waals surface area contributed by atoms with Crippen molar-refractivity contribution < 1.29 is 19.1 Å². The highest BCUT2D eigenvalue weighted by molar-refractivity contribution is 7.13. The van der Waals surface area contributed by atoms with E-state index in [4.69, 9.17) is 4.74 Å². The van der Waals surface area contributed by atoms with Crippen LogP contribution in [0.3, 0.4) is 0 Å². The summed E-state index contributed by atoms with van der Waals surface area (Å²) in [5.41, 5.74) is 2.89. The molecular weight excluding hydrogens is 428 g/mol. The number of hydrogen-bond donors (Lipinski definition) is 3. The minimum Gasteiger partial charge on any atom is -0.465 e. The van der Waals surface area contributed by atoms with E-state index < -0.39 is 6.03 Å². The Hall–Kier alpha value is -2.78. The summed E-state index contributed by atoms with van der Waals surface area (Å²) in [6, 6.07) is 5.07. The average Bonchev–Trinajstić information content (AvgIpc) is 3.44. The van der Waals surface area contributed by atoms with Crippen LogP contribution in [0.2, 0.25) is 0 Å². The predicted molar refractivity (Wildman–Crippen MR) is 125 cm³/mol. The molecule has 172 valence electrons. The van der Waals surface area contributed by atoms with Crippen LogP contribution < -0.4 is 16.0 Å². The molecule has 32 heavy (non-hydrogen) atoms. The van der Waals surface area contributed by atoms with Gasteiger partial charge in [0.1, 0.15) is 0 Å². The number of carbonyl (C=O) groups excluding carboxylic acids is 3. The number of ketones is 1. The lowest BCUT2D eigenvalue weighted by Gasteiger charge is -2.14. The van der Waals surface area contributed by atoms with E-state index in [1.165, 1.54) is 11.3 Å². The molecule has 1 fully saturated rings. The Morgan fingerprint density at radius 2 is 1.97 bits per heavy atom. The molecule has 0 aliphatic heterocycles. The second-order valence-electron chi connectivity index (χ2n) is 7.85. The van der Waals surface area contributed by atoms with E-state index in [2.05, 4.69) is 20.9 Å². The van der Waals surface area contributed by atoms with Gasteiger partial charge < -0.3 is 15.4 Å². The molecule has 2 aromatic rings. The van der Waals surface area contributed by atoms with Crippen molar-refractivity contribution in [2.24, 2.45) is 5.92 Å². The summed E-state index contributed by atoms with van der Waals surface area (Å²) in [6.45, 7) is 4.80. The van der Waals surface area contributed by atoms with Crippen molar-refractivity contribution in [3.63, 3.8) is 0 Å². The fraction of sp³-hybridized carbons (Fsp3) is 0.478. The maximum Gasteiger partial charge on any atom is 0.325 e. The normalized spacial score (nSPS) is 13.7. The zero-order chi connectivity index (χ0) is 22.9. The van der Waals surface area contributed by atoms with E-state index in [0.717, 1.165) is 36.9 Å². The molecule has 0 atom stereocenters. The lowest BCUT2D eigenvalue weighted by Crippen LogP contribution is -2.26. The van der Waals surface area contributed by atoms with Crippen LogP contribution in [-0.4, -0.2) is 42.5 Å². The summed E-state index contributed by atoms with van der Waals surface area (Å²) in [5.74, 6) is -0.139. The number of ether oxygens (including phenoxy) is 1. The Bertz CT molecular complexity index is 953. The summed E-state index contributed by atoms with van der Waals surface area (Å²) in [6.07, 6.45) is 4.60. The molecule has 1 heterocycles. The molecule has 2 amide bonds. The molecule has 0 spiro atoms. The Morgan fingerprint density at radius 1 is 1.19 bits per heavy atom. The zero-order valence-electron chi connectivity index (χ0n) is 18.5. The lowest BCUT2D eigenvalue weighted by molar-refractivity contribution is -0.141. The summed E-state index contributed by atoms with van der Waals surface area (Å²) in [5, 5.41) is 10.9. The van der Waals surface area contributed by atoms with Crippen LogP contribution in [-0.2, 0) is 16.0 Å². The SMILES string of the molecule is CCOC(=O)CNCCc1csc(NC(=O)Nc2ccc(C)cc2C(=O)C2CCCC2)n1. The second kappa shape index (κ2) is 11.7. The number of thiazole rings is 1. The van der Waals surface area contributed by atoms with Gasteiger partial charge in [0.15, 0.2) is 10.9 Å². The quantitative estimate of drug-likeness (QED) is 0.280. The Morgan fingerprint density at radius 3 is 2.72 bits per heavy atom. The summed E-state index contributed by atoms with van der Waals surface area (Å²) in [7, 11) is 0. The number of aromatic nitrogens is 1. The van der Waals surface area contributed by atoms with Crippen LogP contribution in [0.4, 0.5) is 15.6 Å². The van der Waals surface area contributed by atoms with Gasteiger partial charge in [0.05, 0.1) is 24.5 Å². The molecule has 1 aromatic heterocycles. The molecule has 1 aliphatic carbocycles. The first-order chi connectivity index (χ1) is 15.5. The molecule has 0 radical (unpaired) electrons. The number of amides is 2. The van der Waals surface area contributed by atoms with Crippen LogP contribution in [0.5, 0.6) is 0 Å². The van der Waals surface area contributed by atoms with Gasteiger partial charge in [-0.15, -0.1) is 11.3 Å². The zero-order valence-corrected chi connectivity index (χ0v) is 19.3. The lowest BCUT2D eigenvalue weighted by atomic mass is 9.94. The molecular formula is C23H30N4O4S. The van der Waals surface area contributed by atoms with Gasteiger partial charge in [0.2, 0.25) is 0 Å². The highest BCUT2D eigenvalue weighted by Gasteiger charge is 2.26. The van der Waals surface area contributed by atoms with Crippen molar-refractivity contribution in [3.8, 4) is 0 Å². The number of benzene rings is 1. The Balaban J connectivity index is 1.53. The van der Waals surface area contributed by atoms with Crippen LogP contribution in [0.1, 0.15) is 54.2 Å². The third kappa shape index (κ3) is 6.86. The maximum absolute atomic E-state index is 12.9. The summed E-state index contributed by atoms with van der Waals surface area (Å²) < 4.78 is 4.86. The van der Waals surface area contributed by atoms with Gasteiger partial charge in [-0.05, 0) is 38.8 Å². The Labute approximate surface area is 192 Å². The number of aryl methyl sites for hydroxylation is 1. The number of esters is 1. The number of hydrogen-bond acceptors (Lipinski definition) is 7. The average molecular weight is 459 g/mol. The third-order valence-electron chi connectivity index (χ3n) is 5.32. The van der Waals surface area contributed by atoms with E-state index in [1.54, 1.807) is 13.0 Å². The summed E-state index contributed by atoms with van der Waals surface area (Å²) >= 11 is 1.32. The van der Waals surface area contributed by atoms with E-state index in [9.17, 15) is 14.4 Å². The highest BCUT2D eigenvalue weighted by Crippen LogP contribution is 2.31. The largest absolute Gasteiger partial charge is 0.465 e. The molecule has 3 N–H and O–H groups in total. The van der Waals surface area contributed by atoms with Crippen LogP contribution in [0.25, 0.3) is 0 Å². The van der Waals surface area contributed by atoms with E-state index >= 15 is 0 Å². The monoisotopic (exact) mass is 458 g/mol. The highest BCUT2D eigenvalue weighted by atomic mass is 32.1. The molecule has 9 heteroatoms. The Kier molecular flexibility index (Phi) is 8.75. The number of nitrogens with one attached hydrogen (secondary N) is 3. The molecule has 8 nitrogen and oxygen atoms in total. The van der Waals surface area contributed by atoms with E-state index in [1.807, 2.05) is 24.4 Å². The molecule has 0 saturated heterocycles. The summed E-state index contributed by atoms with van der Waals surface area (Å²) in [4.78, 5) is 41.2. The number of anilines is 2. The van der Waals surface area contributed by atoms with Crippen molar-refractivity contribution in [1.82, 2.24) is 10.3 Å². The van der Waals surface area contributed by atoms with Crippen LogP contribution in [0, 0.1) is 12.8 Å². The molecule has 1 aliphatic rings. The first kappa shape index (κ1) is 23.9. The van der Waals surface area contributed by atoms with Crippen molar-refractivity contribution in [2.75, 3.05) is 30.3 Å². The third-order valence-corrected chi connectivity index (χ3v) is 6.13. The molecule has 0 bridgehead atoms. The number of rotatable bonds is 10. The minimum absolute atomic E-state index is 0.0411. The van der Waals surface area contributed by atoms with Crippen molar-refractivity contribution >= 4 is 39.9 Å². The van der Waals surface area contributed by atoms with Gasteiger partial charge >= 0.3 is 12.0 Å². The smallest absolute Gasteiger partial charge is 0.325 e. The molecule has 0 unspecified atom stereocenters. The van der Waals surface area contributed by atoms with Gasteiger partial charge in [-0.1, -0.05) is 24.5 Å². The minimum atomic E-state index is -0.435. The van der Waals surface area contributed by atoms with E-state index in [-0.39, 0.29) is 24.2 Å². The van der Waals surface area contributed by atoms with Gasteiger partial charge in [0, 0.05) is 29.8 Å². The second-order valence-corrected chi connectivity index (χ2v) is 8.71. The number of Topliss-reactive ketones (excluding diaryl/α,β-unsaturated/α-hetero) is 1. The van der Waals surface area contributed by atoms with Gasteiger partial charge in [0.25, 0.3) is 0 Å². The van der Waals surface area contributed by atoms with E-state index in [0.29, 0.717) is 36.0 Å². The maximum atomic E-state index is 12.9. The van der Waals surface area contributed by atoms with Crippen molar-refractivity contribution in [1.29, 1.82) is 0 Å². The number of nitrogens with zero attached hydrogens (tertiary/aromatic N) is 1. The standard InChI is InChI=1S/C23H30N4O4S/c1-3-31-20(28)13-24-11-10-17-14-32-23(25-17)27-22(30)26-19-9-8-15(2)12-18(19)21(29)16-6-4-5-7-16/h8-9,12,14,16,24H,3-7,10-11,13H2,1-2H3,(H2,25,26,27,30). The first-order valence-electron chi connectivity index (χ1n) is 11.0. The number of urea groups is 1. The molecule has 1 aromatic carbocycles. The van der Waals surface area contributed by atoms with Crippen molar-refractivity contribution in [3.05, 3.63) is 40.4 Å². The van der Waals surface area contributed by atoms with Gasteiger partial charge in [-0.25, -0.2) is 9.78 Å². The first-order valence-corrected chi connectivity index (χ1v) is 11.9.